The summed E-state index contributed by atoms with van der Waals surface area (Å²) in [5.41, 5.74) is 0.581. The van der Waals surface area contributed by atoms with Gasteiger partial charge < -0.3 is 4.57 Å². The molecule has 2 aromatic heterocycles. The number of alkyl halides is 5. The number of halogens is 5. The molecule has 0 aliphatic rings. The summed E-state index contributed by atoms with van der Waals surface area (Å²) in [6.45, 7) is 0.908. The fourth-order valence-electron chi connectivity index (χ4n) is 2.83. The standard InChI is InChI=1S/C20H17F5N4O/c1-13(19(21,22)20(23,24)25)12-17(30)28-18-27-15-7-2-3-8-16(15)29(18)11-9-14-6-4-5-10-26-14/h2-8,10,12H,9,11H2,1H3,(H,27,28,30)/b13-12+. The molecular weight excluding hydrogens is 407 g/mol. The molecule has 30 heavy (non-hydrogen) atoms. The average Bonchev–Trinajstić information content (AvgIpc) is 3.03. The third-order valence-electron chi connectivity index (χ3n) is 4.41. The van der Waals surface area contributed by atoms with Crippen molar-refractivity contribution in [1.29, 1.82) is 0 Å². The maximum Gasteiger partial charge on any atom is 0.457 e. The maximum atomic E-state index is 13.4. The molecule has 0 atom stereocenters. The molecule has 0 saturated heterocycles. The number of hydrogen-bond donors (Lipinski definition) is 1. The van der Waals surface area contributed by atoms with E-state index in [0.29, 0.717) is 30.9 Å². The van der Waals surface area contributed by atoms with Gasteiger partial charge in [-0.05, 0) is 31.2 Å². The second-order valence-corrected chi connectivity index (χ2v) is 6.54. The van der Waals surface area contributed by atoms with E-state index < -0.39 is 23.6 Å². The predicted octanol–water partition coefficient (Wildman–Crippen LogP) is 4.76. The summed E-state index contributed by atoms with van der Waals surface area (Å²) >= 11 is 0. The van der Waals surface area contributed by atoms with Crippen molar-refractivity contribution in [1.82, 2.24) is 14.5 Å². The first-order valence-corrected chi connectivity index (χ1v) is 8.89. The average molecular weight is 424 g/mol. The molecule has 0 aliphatic heterocycles. The number of carbonyl (C=O) groups excluding carboxylic acids is 1. The van der Waals surface area contributed by atoms with Crippen LogP contribution in [0.3, 0.4) is 0 Å². The van der Waals surface area contributed by atoms with E-state index in [2.05, 4.69) is 15.3 Å². The molecule has 0 bridgehead atoms. The van der Waals surface area contributed by atoms with Gasteiger partial charge in [0.2, 0.25) is 5.95 Å². The van der Waals surface area contributed by atoms with E-state index in [1.807, 2.05) is 12.1 Å². The first kappa shape index (κ1) is 21.4. The lowest BCUT2D eigenvalue weighted by Crippen LogP contribution is -2.38. The third-order valence-corrected chi connectivity index (χ3v) is 4.41. The first-order valence-electron chi connectivity index (χ1n) is 8.89. The quantitative estimate of drug-likeness (QED) is 0.459. The van der Waals surface area contributed by atoms with Gasteiger partial charge in [-0.1, -0.05) is 18.2 Å². The van der Waals surface area contributed by atoms with Gasteiger partial charge in [-0.15, -0.1) is 0 Å². The number of aryl methyl sites for hydroxylation is 2. The zero-order valence-corrected chi connectivity index (χ0v) is 15.8. The van der Waals surface area contributed by atoms with Crippen molar-refractivity contribution in [2.24, 2.45) is 0 Å². The summed E-state index contributed by atoms with van der Waals surface area (Å²) in [5.74, 6) is -6.20. The number of fused-ring (bicyclic) bond motifs is 1. The van der Waals surface area contributed by atoms with E-state index in [4.69, 9.17) is 0 Å². The van der Waals surface area contributed by atoms with Gasteiger partial charge in [0.25, 0.3) is 5.91 Å². The molecule has 10 heteroatoms. The van der Waals surface area contributed by atoms with Crippen LogP contribution in [-0.2, 0) is 17.8 Å². The predicted molar refractivity (Wildman–Crippen MR) is 101 cm³/mol. The monoisotopic (exact) mass is 424 g/mol. The SMILES string of the molecule is C/C(=C\C(=O)Nc1nc2ccccc2n1CCc1ccccn1)C(F)(F)C(F)(F)F. The number of anilines is 1. The van der Waals surface area contributed by atoms with Crippen LogP contribution >= 0.6 is 0 Å². The van der Waals surface area contributed by atoms with Crippen LogP contribution in [0.2, 0.25) is 0 Å². The maximum absolute atomic E-state index is 13.4. The van der Waals surface area contributed by atoms with Crippen molar-refractivity contribution in [3.05, 3.63) is 66.0 Å². The van der Waals surface area contributed by atoms with Crippen LogP contribution in [0.4, 0.5) is 27.9 Å². The highest BCUT2D eigenvalue weighted by molar-refractivity contribution is 5.99. The molecule has 0 radical (unpaired) electrons. The number of nitrogens with one attached hydrogen (secondary N) is 1. The van der Waals surface area contributed by atoms with Gasteiger partial charge in [-0.25, -0.2) is 4.98 Å². The molecule has 0 spiro atoms. The number of pyridine rings is 1. The topological polar surface area (TPSA) is 59.8 Å². The Labute approximate surface area is 168 Å². The minimum absolute atomic E-state index is 0.0384. The number of para-hydroxylation sites is 2. The number of aromatic nitrogens is 3. The van der Waals surface area contributed by atoms with E-state index in [1.54, 1.807) is 41.1 Å². The number of hydrogen-bond acceptors (Lipinski definition) is 3. The lowest BCUT2D eigenvalue weighted by Gasteiger charge is -2.20. The zero-order valence-electron chi connectivity index (χ0n) is 15.8. The smallest absolute Gasteiger partial charge is 0.310 e. The minimum atomic E-state index is -5.79. The Morgan fingerprint density at radius 3 is 2.47 bits per heavy atom. The van der Waals surface area contributed by atoms with E-state index in [9.17, 15) is 26.7 Å². The van der Waals surface area contributed by atoms with Gasteiger partial charge in [0.05, 0.1) is 11.0 Å². The van der Waals surface area contributed by atoms with Crippen LogP contribution in [0.1, 0.15) is 12.6 Å². The molecule has 3 rings (SSSR count). The van der Waals surface area contributed by atoms with Crippen LogP contribution in [0, 0.1) is 0 Å². The van der Waals surface area contributed by atoms with Gasteiger partial charge in [-0.3, -0.25) is 15.1 Å². The van der Waals surface area contributed by atoms with Crippen molar-refractivity contribution in [2.75, 3.05) is 5.32 Å². The Kier molecular flexibility index (Phi) is 5.86. The summed E-state index contributed by atoms with van der Waals surface area (Å²) in [4.78, 5) is 20.6. The van der Waals surface area contributed by atoms with Gasteiger partial charge >= 0.3 is 12.1 Å². The van der Waals surface area contributed by atoms with Crippen molar-refractivity contribution < 1.29 is 26.7 Å². The van der Waals surface area contributed by atoms with Crippen molar-refractivity contribution >= 4 is 22.9 Å². The zero-order chi connectivity index (χ0) is 21.9. The Balaban J connectivity index is 1.86. The van der Waals surface area contributed by atoms with Crippen LogP contribution in [-0.4, -0.2) is 32.5 Å². The van der Waals surface area contributed by atoms with Gasteiger partial charge in [0.15, 0.2) is 0 Å². The fraction of sp³-hybridized carbons (Fsp3) is 0.250. The number of imidazole rings is 1. The molecule has 0 aliphatic carbocycles. The summed E-state index contributed by atoms with van der Waals surface area (Å²) in [7, 11) is 0. The normalized spacial score (nSPS) is 12.9. The van der Waals surface area contributed by atoms with Crippen molar-refractivity contribution in [3.8, 4) is 0 Å². The lowest BCUT2D eigenvalue weighted by molar-refractivity contribution is -0.264. The highest BCUT2D eigenvalue weighted by atomic mass is 19.4. The molecule has 2 heterocycles. The summed E-state index contributed by atoms with van der Waals surface area (Å²) in [6, 6.07) is 12.4. The Morgan fingerprint density at radius 1 is 1.10 bits per heavy atom. The molecule has 0 fully saturated rings. The van der Waals surface area contributed by atoms with E-state index in [1.165, 1.54) is 0 Å². The fourth-order valence-corrected chi connectivity index (χ4v) is 2.83. The third kappa shape index (κ3) is 4.47. The first-order chi connectivity index (χ1) is 14.1. The Morgan fingerprint density at radius 2 is 1.80 bits per heavy atom. The highest BCUT2D eigenvalue weighted by Crippen LogP contribution is 2.40. The lowest BCUT2D eigenvalue weighted by atomic mass is 10.1. The second-order valence-electron chi connectivity index (χ2n) is 6.54. The van der Waals surface area contributed by atoms with E-state index in [0.717, 1.165) is 5.69 Å². The molecule has 158 valence electrons. The minimum Gasteiger partial charge on any atom is -0.310 e. The van der Waals surface area contributed by atoms with Crippen LogP contribution < -0.4 is 5.32 Å². The highest BCUT2D eigenvalue weighted by Gasteiger charge is 2.58. The molecular formula is C20H17F5N4O. The number of rotatable bonds is 6. The van der Waals surface area contributed by atoms with E-state index >= 15 is 0 Å². The van der Waals surface area contributed by atoms with Crippen LogP contribution in [0.15, 0.2) is 60.3 Å². The van der Waals surface area contributed by atoms with E-state index in [-0.39, 0.29) is 12.0 Å². The summed E-state index contributed by atoms with van der Waals surface area (Å²) < 4.78 is 65.8. The largest absolute Gasteiger partial charge is 0.457 e. The van der Waals surface area contributed by atoms with Crippen molar-refractivity contribution in [3.63, 3.8) is 0 Å². The number of carbonyl (C=O) groups is 1. The molecule has 0 unspecified atom stereocenters. The molecule has 1 amide bonds. The number of allylic oxidation sites excluding steroid dienone is 1. The number of amides is 1. The molecule has 0 saturated carbocycles. The van der Waals surface area contributed by atoms with Crippen LogP contribution in [0.5, 0.6) is 0 Å². The number of benzene rings is 1. The molecule has 1 N–H and O–H groups in total. The van der Waals surface area contributed by atoms with Gasteiger partial charge in [0, 0.05) is 36.5 Å². The summed E-state index contributed by atoms with van der Waals surface area (Å²) in [6.07, 6.45) is -3.43. The molecule has 1 aromatic carbocycles. The Hall–Kier alpha value is -3.30. The summed E-state index contributed by atoms with van der Waals surface area (Å²) in [5, 5.41) is 2.31. The Bertz CT molecular complexity index is 1070. The molecule has 5 nitrogen and oxygen atoms in total. The van der Waals surface area contributed by atoms with Crippen LogP contribution in [0.25, 0.3) is 11.0 Å². The second kappa shape index (κ2) is 8.21. The van der Waals surface area contributed by atoms with Gasteiger partial charge in [-0.2, -0.15) is 22.0 Å². The van der Waals surface area contributed by atoms with Crippen molar-refractivity contribution in [2.45, 2.75) is 32.0 Å². The number of nitrogens with zero attached hydrogens (tertiary/aromatic N) is 3. The van der Waals surface area contributed by atoms with Gasteiger partial charge in [0.1, 0.15) is 0 Å². The molecule has 3 aromatic rings.